The number of piperidine rings is 1. The van der Waals surface area contributed by atoms with Crippen molar-refractivity contribution < 1.29 is 14.2 Å². The molecular weight excluding hydrogens is 410 g/mol. The van der Waals surface area contributed by atoms with Crippen LogP contribution in [0.4, 0.5) is 5.69 Å². The quantitative estimate of drug-likeness (QED) is 0.424. The van der Waals surface area contributed by atoms with Gasteiger partial charge in [-0.25, -0.2) is 0 Å². The molecule has 0 saturated carbocycles. The van der Waals surface area contributed by atoms with Gasteiger partial charge in [0.05, 0.1) is 4.92 Å². The number of nitro groups is 1. The van der Waals surface area contributed by atoms with Gasteiger partial charge in [-0.2, -0.15) is 4.98 Å². The van der Waals surface area contributed by atoms with Crippen LogP contribution in [0.25, 0.3) is 11.4 Å². The van der Waals surface area contributed by atoms with Crippen molar-refractivity contribution in [3.8, 4) is 11.4 Å². The lowest BCUT2D eigenvalue weighted by molar-refractivity contribution is -0.384. The van der Waals surface area contributed by atoms with Crippen LogP contribution in [0.15, 0.2) is 59.1 Å². The Morgan fingerprint density at radius 3 is 2.53 bits per heavy atom. The van der Waals surface area contributed by atoms with Gasteiger partial charge in [-0.1, -0.05) is 35.5 Å². The summed E-state index contributed by atoms with van der Waals surface area (Å²) >= 11 is 0. The third-order valence-corrected chi connectivity index (χ3v) is 5.75. The molecule has 1 amide bonds. The van der Waals surface area contributed by atoms with Gasteiger partial charge in [-0.3, -0.25) is 19.8 Å². The van der Waals surface area contributed by atoms with Gasteiger partial charge < -0.3 is 9.84 Å². The van der Waals surface area contributed by atoms with Gasteiger partial charge >= 0.3 is 11.8 Å². The number of rotatable bonds is 8. The molecule has 0 unspecified atom stereocenters. The van der Waals surface area contributed by atoms with E-state index in [1.54, 1.807) is 0 Å². The number of hydrogen-bond acceptors (Lipinski definition) is 7. The topological polar surface area (TPSA) is 114 Å². The lowest BCUT2D eigenvalue weighted by Gasteiger charge is -2.32. The summed E-state index contributed by atoms with van der Waals surface area (Å²) in [4.78, 5) is 29.2. The van der Waals surface area contributed by atoms with E-state index >= 15 is 0 Å². The van der Waals surface area contributed by atoms with Crippen LogP contribution < -0.4 is 5.32 Å². The molecule has 32 heavy (non-hydrogen) atoms. The number of carbonyl (C=O) groups excluding carboxylic acids is 1. The third-order valence-electron chi connectivity index (χ3n) is 5.75. The molecule has 0 spiro atoms. The highest BCUT2D eigenvalue weighted by Crippen LogP contribution is 2.22. The number of benzene rings is 2. The summed E-state index contributed by atoms with van der Waals surface area (Å²) in [6.07, 6.45) is 3.15. The van der Waals surface area contributed by atoms with E-state index in [-0.39, 0.29) is 17.4 Å². The van der Waals surface area contributed by atoms with E-state index in [0.29, 0.717) is 18.0 Å². The third kappa shape index (κ3) is 5.55. The molecule has 0 radical (unpaired) electrons. The van der Waals surface area contributed by atoms with Crippen LogP contribution >= 0.6 is 0 Å². The van der Waals surface area contributed by atoms with Crippen molar-refractivity contribution in [2.24, 2.45) is 5.92 Å². The molecule has 4 rings (SSSR count). The van der Waals surface area contributed by atoms with Crippen LogP contribution in [0.2, 0.25) is 0 Å². The summed E-state index contributed by atoms with van der Waals surface area (Å²) < 4.78 is 5.06. The molecule has 0 aliphatic carbocycles. The molecule has 1 N–H and O–H groups in total. The Labute approximate surface area is 185 Å². The van der Waals surface area contributed by atoms with Gasteiger partial charge in [-0.15, -0.1) is 0 Å². The van der Waals surface area contributed by atoms with E-state index in [4.69, 9.17) is 4.52 Å². The lowest BCUT2D eigenvalue weighted by Crippen LogP contribution is -2.34. The highest BCUT2D eigenvalue weighted by Gasteiger charge is 2.21. The first-order valence-electron chi connectivity index (χ1n) is 10.7. The molecule has 0 bridgehead atoms. The fraction of sp³-hybridized carbons (Fsp3) is 0.348. The number of nitrogens with one attached hydrogen (secondary N) is 1. The molecule has 9 nitrogen and oxygen atoms in total. The van der Waals surface area contributed by atoms with Crippen molar-refractivity contribution in [2.75, 3.05) is 19.6 Å². The second-order valence-corrected chi connectivity index (χ2v) is 7.98. The smallest absolute Gasteiger partial charge is 0.316 e. The van der Waals surface area contributed by atoms with E-state index in [0.717, 1.165) is 38.9 Å². The molecule has 0 atom stereocenters. The molecule has 9 heteroatoms. The predicted octanol–water partition coefficient (Wildman–Crippen LogP) is 3.68. The molecular formula is C23H25N5O4. The standard InChI is InChI=1S/C23H25N5O4/c29-22(23-25-21(26-32-23)19-6-8-20(9-7-19)28(30)31)24-13-10-17-11-14-27(15-12-17)16-18-4-2-1-3-5-18/h1-9,17H,10-16H2,(H,24,29). The normalized spacial score (nSPS) is 14.9. The van der Waals surface area contributed by atoms with E-state index in [2.05, 4.69) is 44.6 Å². The average molecular weight is 435 g/mol. The van der Waals surface area contributed by atoms with Crippen LogP contribution in [0.5, 0.6) is 0 Å². The van der Waals surface area contributed by atoms with Gasteiger partial charge in [0, 0.05) is 30.8 Å². The summed E-state index contributed by atoms with van der Waals surface area (Å²) in [5, 5.41) is 17.4. The monoisotopic (exact) mass is 435 g/mol. The van der Waals surface area contributed by atoms with Gasteiger partial charge in [0.25, 0.3) is 5.69 Å². The number of nitro benzene ring substituents is 1. The van der Waals surface area contributed by atoms with Crippen molar-refractivity contribution in [1.29, 1.82) is 0 Å². The fourth-order valence-electron chi connectivity index (χ4n) is 3.91. The molecule has 2 heterocycles. The number of amides is 1. The predicted molar refractivity (Wildman–Crippen MR) is 118 cm³/mol. The van der Waals surface area contributed by atoms with Crippen LogP contribution in [-0.2, 0) is 6.54 Å². The van der Waals surface area contributed by atoms with Crippen molar-refractivity contribution in [1.82, 2.24) is 20.4 Å². The van der Waals surface area contributed by atoms with Crippen molar-refractivity contribution >= 4 is 11.6 Å². The zero-order chi connectivity index (χ0) is 22.3. The summed E-state index contributed by atoms with van der Waals surface area (Å²) in [7, 11) is 0. The number of nitrogens with zero attached hydrogens (tertiary/aromatic N) is 4. The summed E-state index contributed by atoms with van der Waals surface area (Å²) in [6.45, 7) is 3.67. The van der Waals surface area contributed by atoms with E-state index in [1.165, 1.54) is 29.8 Å². The molecule has 1 fully saturated rings. The minimum absolute atomic E-state index is 0.0267. The lowest BCUT2D eigenvalue weighted by atomic mass is 9.93. The SMILES string of the molecule is O=C(NCCC1CCN(Cc2ccccc2)CC1)c1nc(-c2ccc([N+](=O)[O-])cc2)no1. The molecule has 1 aliphatic rings. The van der Waals surface area contributed by atoms with Crippen LogP contribution in [0, 0.1) is 16.0 Å². The Balaban J connectivity index is 1.20. The largest absolute Gasteiger partial charge is 0.348 e. The average Bonchev–Trinajstić information content (AvgIpc) is 3.31. The van der Waals surface area contributed by atoms with Crippen LogP contribution in [0.1, 0.15) is 35.5 Å². The minimum Gasteiger partial charge on any atom is -0.348 e. The number of aromatic nitrogens is 2. The molecule has 2 aromatic carbocycles. The van der Waals surface area contributed by atoms with Gasteiger partial charge in [-0.05, 0) is 56.0 Å². The van der Waals surface area contributed by atoms with Crippen molar-refractivity contribution in [3.05, 3.63) is 76.2 Å². The van der Waals surface area contributed by atoms with Crippen molar-refractivity contribution in [2.45, 2.75) is 25.8 Å². The number of likely N-dealkylation sites (tertiary alicyclic amines) is 1. The Bertz CT molecular complexity index is 1040. The van der Waals surface area contributed by atoms with Gasteiger partial charge in [0.2, 0.25) is 5.82 Å². The molecule has 1 aliphatic heterocycles. The first kappa shape index (κ1) is 21.6. The Hall–Kier alpha value is -3.59. The van der Waals surface area contributed by atoms with Gasteiger partial charge in [0.15, 0.2) is 0 Å². The summed E-state index contributed by atoms with van der Waals surface area (Å²) in [5.74, 6) is 0.278. The highest BCUT2D eigenvalue weighted by molar-refractivity contribution is 5.89. The van der Waals surface area contributed by atoms with E-state index in [9.17, 15) is 14.9 Å². The van der Waals surface area contributed by atoms with Crippen molar-refractivity contribution in [3.63, 3.8) is 0 Å². The highest BCUT2D eigenvalue weighted by atomic mass is 16.6. The minimum atomic E-state index is -0.480. The number of carbonyl (C=O) groups is 1. The number of non-ortho nitro benzene ring substituents is 1. The second kappa shape index (κ2) is 10.1. The zero-order valence-electron chi connectivity index (χ0n) is 17.6. The van der Waals surface area contributed by atoms with Crippen LogP contribution in [0.3, 0.4) is 0 Å². The Morgan fingerprint density at radius 2 is 1.84 bits per heavy atom. The summed E-state index contributed by atoms with van der Waals surface area (Å²) in [6, 6.07) is 16.3. The molecule has 3 aromatic rings. The van der Waals surface area contributed by atoms with Gasteiger partial charge in [0.1, 0.15) is 0 Å². The first-order valence-corrected chi connectivity index (χ1v) is 10.7. The van der Waals surface area contributed by atoms with E-state index in [1.807, 2.05) is 6.07 Å². The fourth-order valence-corrected chi connectivity index (χ4v) is 3.91. The molecule has 1 saturated heterocycles. The Morgan fingerprint density at radius 1 is 1.12 bits per heavy atom. The second-order valence-electron chi connectivity index (χ2n) is 7.98. The van der Waals surface area contributed by atoms with E-state index < -0.39 is 10.8 Å². The first-order chi connectivity index (χ1) is 15.6. The van der Waals surface area contributed by atoms with Crippen LogP contribution in [-0.4, -0.2) is 45.5 Å². The maximum Gasteiger partial charge on any atom is 0.316 e. The molecule has 166 valence electrons. The maximum absolute atomic E-state index is 12.3. The Kier molecular flexibility index (Phi) is 6.86. The summed E-state index contributed by atoms with van der Waals surface area (Å²) in [5.41, 5.74) is 1.85. The zero-order valence-corrected chi connectivity index (χ0v) is 17.6. The molecule has 1 aromatic heterocycles. The maximum atomic E-state index is 12.3. The number of hydrogen-bond donors (Lipinski definition) is 1.